The van der Waals surface area contributed by atoms with Gasteiger partial charge in [0.25, 0.3) is 0 Å². The lowest BCUT2D eigenvalue weighted by Crippen LogP contribution is -2.45. The summed E-state index contributed by atoms with van der Waals surface area (Å²) in [5.41, 5.74) is 3.49. The van der Waals surface area contributed by atoms with E-state index in [4.69, 9.17) is 4.74 Å². The fourth-order valence-electron chi connectivity index (χ4n) is 3.97. The van der Waals surface area contributed by atoms with Crippen LogP contribution in [0.15, 0.2) is 72.9 Å². The number of nitrogens with zero attached hydrogens (tertiary/aromatic N) is 2. The zero-order valence-corrected chi connectivity index (χ0v) is 20.2. The molecule has 0 radical (unpaired) electrons. The van der Waals surface area contributed by atoms with E-state index in [1.165, 1.54) is 12.1 Å². The topological polar surface area (TPSA) is 62.7 Å². The van der Waals surface area contributed by atoms with E-state index in [1.807, 2.05) is 26.1 Å². The SMILES string of the molecule is Cc1cc(-c2ccc(C(C)N3CCC(CC(C)(C)O)OC3=O)cc2)ccn1.Fc1ccccc1. The summed E-state index contributed by atoms with van der Waals surface area (Å²) in [6.07, 6.45) is 2.47. The Hall–Kier alpha value is -3.25. The van der Waals surface area contributed by atoms with Gasteiger partial charge in [-0.05, 0) is 68.7 Å². The Bertz CT molecular complexity index is 1070. The number of aryl methyl sites for hydroxylation is 1. The number of carbonyl (C=O) groups is 1. The number of benzene rings is 2. The fourth-order valence-corrected chi connectivity index (χ4v) is 3.97. The number of cyclic esters (lactones) is 1. The smallest absolute Gasteiger partial charge is 0.410 e. The lowest BCUT2D eigenvalue weighted by Gasteiger charge is -2.37. The molecule has 1 aromatic heterocycles. The quantitative estimate of drug-likeness (QED) is 0.480. The highest BCUT2D eigenvalue weighted by atomic mass is 19.1. The first-order valence-corrected chi connectivity index (χ1v) is 11.6. The molecule has 2 aromatic carbocycles. The normalized spacial score (nSPS) is 16.8. The standard InChI is InChI=1S/C22H28N2O3.C6H5F/c1-15-13-19(9-11-23-15)18-7-5-17(6-8-18)16(2)24-12-10-20(27-21(24)25)14-22(3,4)26;7-6-4-2-1-3-5-6/h5-9,11,13,16,20,26H,10,12,14H2,1-4H3;1-5H. The number of aromatic nitrogens is 1. The van der Waals surface area contributed by atoms with Crippen molar-refractivity contribution in [3.05, 3.63) is 90.0 Å². The van der Waals surface area contributed by atoms with Crippen LogP contribution in [0.2, 0.25) is 0 Å². The van der Waals surface area contributed by atoms with E-state index in [0.717, 1.165) is 28.8 Å². The molecule has 4 rings (SSSR count). The fraction of sp³-hybridized carbons (Fsp3) is 0.357. The Morgan fingerprint density at radius 2 is 1.79 bits per heavy atom. The third-order valence-corrected chi connectivity index (χ3v) is 5.74. The zero-order valence-electron chi connectivity index (χ0n) is 20.2. The summed E-state index contributed by atoms with van der Waals surface area (Å²) in [7, 11) is 0. The molecule has 1 N–H and O–H groups in total. The van der Waals surface area contributed by atoms with Crippen LogP contribution in [-0.2, 0) is 4.74 Å². The first-order chi connectivity index (χ1) is 16.1. The van der Waals surface area contributed by atoms with E-state index < -0.39 is 5.60 Å². The predicted octanol–water partition coefficient (Wildman–Crippen LogP) is 6.32. The van der Waals surface area contributed by atoms with Gasteiger partial charge >= 0.3 is 6.09 Å². The molecule has 0 spiro atoms. The molecule has 0 saturated carbocycles. The van der Waals surface area contributed by atoms with Crippen LogP contribution in [0.1, 0.15) is 50.9 Å². The Morgan fingerprint density at radius 1 is 1.12 bits per heavy atom. The van der Waals surface area contributed by atoms with Gasteiger partial charge in [-0.2, -0.15) is 0 Å². The number of amides is 1. The highest BCUT2D eigenvalue weighted by molar-refractivity contribution is 5.69. The molecule has 2 atom stereocenters. The maximum Gasteiger partial charge on any atom is 0.410 e. The molecule has 6 heteroatoms. The van der Waals surface area contributed by atoms with E-state index >= 15 is 0 Å². The molecular formula is C28H33FN2O3. The second kappa shape index (κ2) is 11.3. The largest absolute Gasteiger partial charge is 0.446 e. The number of hydrogen-bond donors (Lipinski definition) is 1. The van der Waals surface area contributed by atoms with E-state index in [-0.39, 0.29) is 24.1 Å². The van der Waals surface area contributed by atoms with Gasteiger partial charge in [0.15, 0.2) is 0 Å². The maximum absolute atomic E-state index is 12.4. The van der Waals surface area contributed by atoms with Gasteiger partial charge in [0.2, 0.25) is 0 Å². The molecule has 1 aliphatic rings. The minimum Gasteiger partial charge on any atom is -0.446 e. The number of hydrogen-bond acceptors (Lipinski definition) is 4. The van der Waals surface area contributed by atoms with Gasteiger partial charge in [0.1, 0.15) is 11.9 Å². The minimum absolute atomic E-state index is 0.0613. The highest BCUT2D eigenvalue weighted by Crippen LogP contribution is 2.29. The summed E-state index contributed by atoms with van der Waals surface area (Å²) in [5.74, 6) is -0.178. The molecule has 1 amide bonds. The van der Waals surface area contributed by atoms with Crippen LogP contribution in [0, 0.1) is 12.7 Å². The van der Waals surface area contributed by atoms with Gasteiger partial charge < -0.3 is 14.7 Å². The third kappa shape index (κ3) is 7.39. The van der Waals surface area contributed by atoms with Crippen molar-refractivity contribution in [3.63, 3.8) is 0 Å². The van der Waals surface area contributed by atoms with E-state index in [0.29, 0.717) is 13.0 Å². The van der Waals surface area contributed by atoms with Crippen molar-refractivity contribution >= 4 is 6.09 Å². The molecule has 34 heavy (non-hydrogen) atoms. The number of carbonyl (C=O) groups excluding carboxylic acids is 1. The Labute approximate surface area is 201 Å². The van der Waals surface area contributed by atoms with Crippen molar-refractivity contribution in [2.24, 2.45) is 0 Å². The van der Waals surface area contributed by atoms with Crippen LogP contribution in [-0.4, -0.2) is 39.3 Å². The van der Waals surface area contributed by atoms with Gasteiger partial charge in [-0.3, -0.25) is 4.98 Å². The minimum atomic E-state index is -0.833. The molecule has 3 aromatic rings. The van der Waals surface area contributed by atoms with Crippen molar-refractivity contribution in [1.29, 1.82) is 0 Å². The van der Waals surface area contributed by atoms with Gasteiger partial charge in [0, 0.05) is 31.3 Å². The Kier molecular flexibility index (Phi) is 8.40. The van der Waals surface area contributed by atoms with Crippen LogP contribution in [0.3, 0.4) is 0 Å². The number of ether oxygens (including phenoxy) is 1. The summed E-state index contributed by atoms with van der Waals surface area (Å²) in [6.45, 7) is 8.10. The summed E-state index contributed by atoms with van der Waals surface area (Å²) in [4.78, 5) is 18.4. The second-order valence-electron chi connectivity index (χ2n) is 9.28. The molecule has 0 aliphatic carbocycles. The third-order valence-electron chi connectivity index (χ3n) is 5.74. The highest BCUT2D eigenvalue weighted by Gasteiger charge is 2.33. The van der Waals surface area contributed by atoms with Crippen LogP contribution in [0.25, 0.3) is 11.1 Å². The average Bonchev–Trinajstić information content (AvgIpc) is 2.79. The lowest BCUT2D eigenvalue weighted by molar-refractivity contribution is -0.0309. The van der Waals surface area contributed by atoms with Crippen LogP contribution in [0.4, 0.5) is 9.18 Å². The van der Waals surface area contributed by atoms with Crippen molar-refractivity contribution in [3.8, 4) is 11.1 Å². The van der Waals surface area contributed by atoms with Crippen molar-refractivity contribution in [1.82, 2.24) is 9.88 Å². The first-order valence-electron chi connectivity index (χ1n) is 11.6. The first kappa shape index (κ1) is 25.4. The molecule has 5 nitrogen and oxygen atoms in total. The van der Waals surface area contributed by atoms with E-state index in [1.54, 1.807) is 36.9 Å². The van der Waals surface area contributed by atoms with Crippen molar-refractivity contribution in [2.45, 2.75) is 58.3 Å². The molecule has 2 unspecified atom stereocenters. The molecule has 1 saturated heterocycles. The lowest BCUT2D eigenvalue weighted by atomic mass is 9.97. The van der Waals surface area contributed by atoms with Crippen molar-refractivity contribution < 1.29 is 19.0 Å². The molecule has 180 valence electrons. The summed E-state index contributed by atoms with van der Waals surface area (Å²) < 4.78 is 17.5. The summed E-state index contributed by atoms with van der Waals surface area (Å²) in [5, 5.41) is 9.94. The van der Waals surface area contributed by atoms with Gasteiger partial charge in [0.05, 0.1) is 11.6 Å². The second-order valence-corrected chi connectivity index (χ2v) is 9.28. The summed E-state index contributed by atoms with van der Waals surface area (Å²) >= 11 is 0. The van der Waals surface area contributed by atoms with Crippen LogP contribution < -0.4 is 0 Å². The van der Waals surface area contributed by atoms with Crippen LogP contribution in [0.5, 0.6) is 0 Å². The van der Waals surface area contributed by atoms with E-state index in [9.17, 15) is 14.3 Å². The number of halogens is 1. The molecular weight excluding hydrogens is 431 g/mol. The van der Waals surface area contributed by atoms with Crippen LogP contribution >= 0.6 is 0 Å². The monoisotopic (exact) mass is 464 g/mol. The molecule has 1 fully saturated rings. The van der Waals surface area contributed by atoms with Gasteiger partial charge in [-0.15, -0.1) is 0 Å². The Morgan fingerprint density at radius 3 is 2.32 bits per heavy atom. The average molecular weight is 465 g/mol. The number of rotatable bonds is 5. The van der Waals surface area contributed by atoms with Gasteiger partial charge in [-0.1, -0.05) is 42.5 Å². The van der Waals surface area contributed by atoms with Gasteiger partial charge in [-0.25, -0.2) is 9.18 Å². The molecule has 2 heterocycles. The Balaban J connectivity index is 0.000000396. The zero-order chi connectivity index (χ0) is 24.7. The summed E-state index contributed by atoms with van der Waals surface area (Å²) in [6, 6.07) is 20.2. The maximum atomic E-state index is 12.4. The number of aliphatic hydroxyl groups is 1. The molecule has 0 bridgehead atoms. The predicted molar refractivity (Wildman–Crippen MR) is 132 cm³/mol. The van der Waals surface area contributed by atoms with E-state index in [2.05, 4.69) is 35.3 Å². The number of pyridine rings is 1. The van der Waals surface area contributed by atoms with Crippen molar-refractivity contribution in [2.75, 3.05) is 6.54 Å². The molecule has 1 aliphatic heterocycles.